The minimum atomic E-state index is -3.98. The molecule has 0 aliphatic carbocycles. The molecule has 0 unspecified atom stereocenters. The van der Waals surface area contributed by atoms with Crippen molar-refractivity contribution in [2.24, 2.45) is 5.41 Å². The molecular formula is C14H15ClN2O5S. The number of benzene rings is 1. The van der Waals surface area contributed by atoms with Crippen LogP contribution in [0.4, 0.5) is 0 Å². The fourth-order valence-electron chi connectivity index (χ4n) is 2.33. The molecule has 0 saturated carbocycles. The second kappa shape index (κ2) is 6.84. The van der Waals surface area contributed by atoms with Crippen LogP contribution >= 0.6 is 11.6 Å². The second-order valence-electron chi connectivity index (χ2n) is 5.28. The fourth-order valence-corrected chi connectivity index (χ4v) is 4.00. The zero-order chi connectivity index (χ0) is 17.1. The number of carboxylic acid groups (broad SMARTS) is 1. The van der Waals surface area contributed by atoms with E-state index in [9.17, 15) is 18.3 Å². The highest BCUT2D eigenvalue weighted by Gasteiger charge is 2.41. The molecule has 1 aliphatic rings. The van der Waals surface area contributed by atoms with E-state index >= 15 is 0 Å². The maximum Gasteiger partial charge on any atom is 0.311 e. The largest absolute Gasteiger partial charge is 0.481 e. The summed E-state index contributed by atoms with van der Waals surface area (Å²) in [7, 11) is -3.98. The van der Waals surface area contributed by atoms with Crippen LogP contribution in [0, 0.1) is 16.7 Å². The maximum atomic E-state index is 12.4. The Balaban J connectivity index is 2.21. The van der Waals surface area contributed by atoms with Gasteiger partial charge in [-0.3, -0.25) is 4.79 Å². The van der Waals surface area contributed by atoms with E-state index in [0.717, 1.165) is 0 Å². The number of nitrogens with zero attached hydrogens (tertiary/aromatic N) is 1. The van der Waals surface area contributed by atoms with Gasteiger partial charge in [-0.05, 0) is 31.0 Å². The Morgan fingerprint density at radius 2 is 2.09 bits per heavy atom. The van der Waals surface area contributed by atoms with Gasteiger partial charge >= 0.3 is 5.97 Å². The van der Waals surface area contributed by atoms with Crippen molar-refractivity contribution in [1.29, 1.82) is 5.26 Å². The third-order valence-corrected chi connectivity index (χ3v) is 5.74. The van der Waals surface area contributed by atoms with Crippen molar-refractivity contribution >= 4 is 27.6 Å². The van der Waals surface area contributed by atoms with Gasteiger partial charge in [0.15, 0.2) is 0 Å². The average Bonchev–Trinajstić information content (AvgIpc) is 2.53. The zero-order valence-corrected chi connectivity index (χ0v) is 13.7. The molecule has 0 spiro atoms. The lowest BCUT2D eigenvalue weighted by atomic mass is 9.80. The molecule has 0 amide bonds. The number of halogens is 1. The van der Waals surface area contributed by atoms with Gasteiger partial charge in [-0.2, -0.15) is 5.26 Å². The number of nitriles is 1. The van der Waals surface area contributed by atoms with Gasteiger partial charge in [0.25, 0.3) is 0 Å². The summed E-state index contributed by atoms with van der Waals surface area (Å²) < 4.78 is 32.2. The van der Waals surface area contributed by atoms with Gasteiger partial charge in [-0.1, -0.05) is 11.6 Å². The molecule has 9 heteroatoms. The van der Waals surface area contributed by atoms with Crippen LogP contribution in [0.3, 0.4) is 0 Å². The van der Waals surface area contributed by atoms with E-state index in [4.69, 9.17) is 21.6 Å². The number of hydrogen-bond donors (Lipinski definition) is 2. The van der Waals surface area contributed by atoms with Gasteiger partial charge in [0, 0.05) is 19.8 Å². The molecule has 1 aromatic carbocycles. The lowest BCUT2D eigenvalue weighted by Crippen LogP contribution is -2.46. The highest BCUT2D eigenvalue weighted by Crippen LogP contribution is 2.31. The van der Waals surface area contributed by atoms with Crippen LogP contribution in [0.2, 0.25) is 5.02 Å². The summed E-state index contributed by atoms with van der Waals surface area (Å²) in [5.41, 5.74) is -0.954. The maximum absolute atomic E-state index is 12.4. The van der Waals surface area contributed by atoms with E-state index in [0.29, 0.717) is 0 Å². The van der Waals surface area contributed by atoms with Gasteiger partial charge in [-0.15, -0.1) is 0 Å². The normalized spacial score (nSPS) is 17.4. The number of nitrogens with one attached hydrogen (secondary N) is 1. The van der Waals surface area contributed by atoms with Crippen molar-refractivity contribution in [3.8, 4) is 6.07 Å². The van der Waals surface area contributed by atoms with Gasteiger partial charge in [0.1, 0.15) is 4.90 Å². The first-order chi connectivity index (χ1) is 10.8. The molecule has 1 aromatic rings. The Bertz CT molecular complexity index is 751. The number of carbonyl (C=O) groups is 1. The zero-order valence-electron chi connectivity index (χ0n) is 12.1. The van der Waals surface area contributed by atoms with E-state index < -0.39 is 21.4 Å². The third-order valence-electron chi connectivity index (χ3n) is 3.85. The van der Waals surface area contributed by atoms with Crippen LogP contribution in [0.1, 0.15) is 18.4 Å². The topological polar surface area (TPSA) is 116 Å². The number of rotatable bonds is 5. The highest BCUT2D eigenvalue weighted by molar-refractivity contribution is 7.89. The minimum absolute atomic E-state index is 0.0899. The number of aliphatic carboxylic acids is 1. The molecular weight excluding hydrogens is 344 g/mol. The Kier molecular flexibility index (Phi) is 5.26. The summed E-state index contributed by atoms with van der Waals surface area (Å²) in [5.74, 6) is -1.06. The van der Waals surface area contributed by atoms with Crippen LogP contribution in [-0.4, -0.2) is 39.3 Å². The van der Waals surface area contributed by atoms with Gasteiger partial charge in [0.05, 0.1) is 22.1 Å². The summed E-state index contributed by atoms with van der Waals surface area (Å²) >= 11 is 5.90. The predicted octanol–water partition coefficient (Wildman–Crippen LogP) is 1.37. The van der Waals surface area contributed by atoms with E-state index in [1.165, 1.54) is 18.2 Å². The molecule has 2 rings (SSSR count). The minimum Gasteiger partial charge on any atom is -0.481 e. The SMILES string of the molecule is N#Cc1ccc(S(=O)(=O)NCC2(C(=O)O)CCOCC2)c(Cl)c1. The highest BCUT2D eigenvalue weighted by atomic mass is 35.5. The molecule has 23 heavy (non-hydrogen) atoms. The van der Waals surface area contributed by atoms with Crippen molar-refractivity contribution in [3.63, 3.8) is 0 Å². The van der Waals surface area contributed by atoms with Gasteiger partial charge < -0.3 is 9.84 Å². The molecule has 2 N–H and O–H groups in total. The van der Waals surface area contributed by atoms with Crippen LogP contribution in [-0.2, 0) is 19.6 Å². The molecule has 1 heterocycles. The first-order valence-corrected chi connectivity index (χ1v) is 8.67. The first-order valence-electron chi connectivity index (χ1n) is 6.81. The summed E-state index contributed by atoms with van der Waals surface area (Å²) in [5, 5.41) is 18.1. The Morgan fingerprint density at radius 3 is 2.61 bits per heavy atom. The van der Waals surface area contributed by atoms with Crippen molar-refractivity contribution < 1.29 is 23.1 Å². The molecule has 1 aliphatic heterocycles. The van der Waals surface area contributed by atoms with Crippen molar-refractivity contribution in [1.82, 2.24) is 4.72 Å². The molecule has 7 nitrogen and oxygen atoms in total. The quantitative estimate of drug-likeness (QED) is 0.821. The molecule has 1 fully saturated rings. The lowest BCUT2D eigenvalue weighted by molar-refractivity contribution is -0.154. The third kappa shape index (κ3) is 3.82. The Labute approximate surface area is 138 Å². The number of hydrogen-bond acceptors (Lipinski definition) is 5. The Hall–Kier alpha value is -1.66. The van der Waals surface area contributed by atoms with E-state index in [2.05, 4.69) is 4.72 Å². The summed E-state index contributed by atoms with van der Waals surface area (Å²) in [6.07, 6.45) is 0.456. The number of ether oxygens (including phenoxy) is 1. The van der Waals surface area contributed by atoms with Crippen LogP contribution < -0.4 is 4.72 Å². The number of carboxylic acids is 1. The van der Waals surface area contributed by atoms with E-state index in [1.54, 1.807) is 0 Å². The van der Waals surface area contributed by atoms with E-state index in [-0.39, 0.29) is 48.1 Å². The monoisotopic (exact) mass is 358 g/mol. The van der Waals surface area contributed by atoms with Crippen LogP contribution in [0.25, 0.3) is 0 Å². The fraction of sp³-hybridized carbons (Fsp3) is 0.429. The van der Waals surface area contributed by atoms with Crippen molar-refractivity contribution in [2.45, 2.75) is 17.7 Å². The molecule has 0 atom stereocenters. The van der Waals surface area contributed by atoms with Gasteiger partial charge in [0.2, 0.25) is 10.0 Å². The summed E-state index contributed by atoms with van der Waals surface area (Å²) in [6.45, 7) is 0.293. The molecule has 0 aromatic heterocycles. The number of sulfonamides is 1. The Morgan fingerprint density at radius 1 is 1.43 bits per heavy atom. The standard InChI is InChI=1S/C14H15ClN2O5S/c15-11-7-10(8-16)1-2-12(11)23(20,21)17-9-14(13(18)19)3-5-22-6-4-14/h1-2,7,17H,3-6,9H2,(H,18,19). The second-order valence-corrected chi connectivity index (χ2v) is 7.42. The summed E-state index contributed by atoms with van der Waals surface area (Å²) in [4.78, 5) is 11.3. The molecule has 124 valence electrons. The van der Waals surface area contributed by atoms with Crippen LogP contribution in [0.15, 0.2) is 23.1 Å². The van der Waals surface area contributed by atoms with Crippen molar-refractivity contribution in [3.05, 3.63) is 28.8 Å². The predicted molar refractivity (Wildman–Crippen MR) is 81.5 cm³/mol. The van der Waals surface area contributed by atoms with Crippen molar-refractivity contribution in [2.75, 3.05) is 19.8 Å². The van der Waals surface area contributed by atoms with E-state index in [1.807, 2.05) is 6.07 Å². The molecule has 0 radical (unpaired) electrons. The molecule has 1 saturated heterocycles. The van der Waals surface area contributed by atoms with Crippen LogP contribution in [0.5, 0.6) is 0 Å². The lowest BCUT2D eigenvalue weighted by Gasteiger charge is -2.33. The smallest absolute Gasteiger partial charge is 0.311 e. The summed E-state index contributed by atoms with van der Waals surface area (Å²) in [6, 6.07) is 5.67. The van der Waals surface area contributed by atoms with Gasteiger partial charge in [-0.25, -0.2) is 13.1 Å². The molecule has 0 bridgehead atoms. The first kappa shape index (κ1) is 17.7. The average molecular weight is 359 g/mol.